The maximum absolute atomic E-state index is 9.31. The van der Waals surface area contributed by atoms with Crippen molar-refractivity contribution >= 4 is 32.6 Å². The van der Waals surface area contributed by atoms with E-state index in [0.717, 1.165) is 28.1 Å². The molecule has 0 aromatic heterocycles. The number of hydrogen-bond acceptors (Lipinski definition) is 3. The zero-order valence-electron chi connectivity index (χ0n) is 8.40. The lowest BCUT2D eigenvalue weighted by atomic mass is 9.79. The van der Waals surface area contributed by atoms with Crippen molar-refractivity contribution in [1.82, 2.24) is 0 Å². The molecule has 0 aromatic carbocycles. The molecule has 1 aliphatic carbocycles. The third-order valence-electron chi connectivity index (χ3n) is 3.04. The Morgan fingerprint density at radius 2 is 2.19 bits per heavy atom. The number of fused-ring (bicyclic) bond motifs is 1. The first-order valence-electron chi connectivity index (χ1n) is 4.99. The topological polar surface area (TPSA) is 49.4 Å². The van der Waals surface area contributed by atoms with Crippen molar-refractivity contribution in [3.05, 3.63) is 23.8 Å². The van der Waals surface area contributed by atoms with E-state index < -0.39 is 0 Å². The van der Waals surface area contributed by atoms with Crippen LogP contribution in [0.2, 0.25) is 0 Å². The van der Waals surface area contributed by atoms with E-state index in [-0.39, 0.29) is 18.5 Å². The minimum Gasteiger partial charge on any atom is -1.00 e. The highest BCUT2D eigenvalue weighted by Gasteiger charge is 2.39. The highest BCUT2D eigenvalue weighted by atomic mass is 127. The maximum Gasteiger partial charge on any atom is 0.272 e. The molecule has 1 fully saturated rings. The first-order chi connectivity index (χ1) is 7.25. The Hall–Kier alpha value is -0.240. The molecule has 0 bridgehead atoms. The van der Waals surface area contributed by atoms with Gasteiger partial charge in [-0.2, -0.15) is 4.99 Å². The van der Waals surface area contributed by atoms with Crippen LogP contribution in [0.1, 0.15) is 12.8 Å². The van der Waals surface area contributed by atoms with E-state index >= 15 is 0 Å². The Balaban J connectivity index is 0.000000963. The number of allylic oxidation sites excluding steroid dienone is 2. The highest BCUT2D eigenvalue weighted by molar-refractivity contribution is 14.1. The van der Waals surface area contributed by atoms with Gasteiger partial charge in [0.25, 0.3) is 3.84 Å². The third-order valence-corrected chi connectivity index (χ3v) is 3.86. The van der Waals surface area contributed by atoms with E-state index in [9.17, 15) is 5.11 Å². The van der Waals surface area contributed by atoms with Crippen LogP contribution >= 0.6 is 22.6 Å². The maximum atomic E-state index is 9.31. The SMILES string of the molecule is OC1CC(C2=C3C=NC=C[NH+]3C(I)=N2)C1.[Cl-]. The van der Waals surface area contributed by atoms with Crippen LogP contribution in [0.5, 0.6) is 0 Å². The van der Waals surface area contributed by atoms with Gasteiger partial charge in [-0.15, -0.1) is 0 Å². The van der Waals surface area contributed by atoms with Gasteiger partial charge in [0.1, 0.15) is 11.9 Å². The van der Waals surface area contributed by atoms with Crippen LogP contribution in [0.3, 0.4) is 0 Å². The number of aliphatic hydroxyl groups excluding tert-OH is 1. The summed E-state index contributed by atoms with van der Waals surface area (Å²) in [6, 6.07) is 0. The molecule has 1 unspecified atom stereocenters. The van der Waals surface area contributed by atoms with Gasteiger partial charge in [-0.05, 0) is 12.8 Å². The Labute approximate surface area is 113 Å². The van der Waals surface area contributed by atoms with E-state index in [1.165, 1.54) is 4.90 Å². The predicted molar refractivity (Wildman–Crippen MR) is 65.8 cm³/mol. The van der Waals surface area contributed by atoms with Crippen molar-refractivity contribution in [3.63, 3.8) is 0 Å². The van der Waals surface area contributed by atoms with Gasteiger partial charge in [-0.3, -0.25) is 4.99 Å². The van der Waals surface area contributed by atoms with E-state index in [2.05, 4.69) is 32.6 Å². The van der Waals surface area contributed by atoms with Crippen LogP contribution < -0.4 is 17.3 Å². The summed E-state index contributed by atoms with van der Waals surface area (Å²) in [6.45, 7) is 0. The second-order valence-corrected chi connectivity index (χ2v) is 5.05. The second kappa shape index (κ2) is 4.56. The Kier molecular flexibility index (Phi) is 3.48. The van der Waals surface area contributed by atoms with Crippen molar-refractivity contribution in [2.45, 2.75) is 18.9 Å². The molecule has 1 atom stereocenters. The summed E-state index contributed by atoms with van der Waals surface area (Å²) in [5.41, 5.74) is 2.27. The van der Waals surface area contributed by atoms with Crippen LogP contribution in [-0.4, -0.2) is 21.3 Å². The predicted octanol–water partition coefficient (Wildman–Crippen LogP) is -2.78. The molecule has 2 N–H and O–H groups in total. The molecule has 0 radical (unpaired) electrons. The Bertz CT molecular complexity index is 424. The fraction of sp³-hybridized carbons (Fsp3) is 0.400. The molecule has 0 spiro atoms. The zero-order valence-corrected chi connectivity index (χ0v) is 11.3. The molecular weight excluding hydrogens is 340 g/mol. The van der Waals surface area contributed by atoms with Crippen LogP contribution in [0.15, 0.2) is 33.8 Å². The Morgan fingerprint density at radius 1 is 1.44 bits per heavy atom. The monoisotopic (exact) mass is 351 g/mol. The van der Waals surface area contributed by atoms with Gasteiger partial charge >= 0.3 is 0 Å². The second-order valence-electron chi connectivity index (χ2n) is 4.03. The molecule has 6 heteroatoms. The molecule has 2 heterocycles. The molecular formula is C10H11ClIN3O. The lowest BCUT2D eigenvalue weighted by Gasteiger charge is -2.30. The quantitative estimate of drug-likeness (QED) is 0.390. The number of halogens is 2. The van der Waals surface area contributed by atoms with Gasteiger partial charge in [-0.1, -0.05) is 0 Å². The summed E-state index contributed by atoms with van der Waals surface area (Å²) in [4.78, 5) is 9.90. The summed E-state index contributed by atoms with van der Waals surface area (Å²) in [5.74, 6) is 0.426. The molecule has 4 nitrogen and oxygen atoms in total. The molecule has 0 saturated heterocycles. The number of aliphatic hydroxyl groups is 1. The van der Waals surface area contributed by atoms with E-state index in [0.29, 0.717) is 5.92 Å². The van der Waals surface area contributed by atoms with Gasteiger partial charge in [0.15, 0.2) is 5.70 Å². The van der Waals surface area contributed by atoms with Gasteiger partial charge in [0, 0.05) is 5.92 Å². The third kappa shape index (κ3) is 1.85. The average Bonchev–Trinajstić information content (AvgIpc) is 2.52. The number of quaternary nitrogens is 1. The van der Waals surface area contributed by atoms with E-state index in [4.69, 9.17) is 0 Å². The van der Waals surface area contributed by atoms with Crippen LogP contribution in [0.4, 0.5) is 0 Å². The van der Waals surface area contributed by atoms with Crippen LogP contribution in [0, 0.1) is 5.92 Å². The van der Waals surface area contributed by atoms with Crippen molar-refractivity contribution in [1.29, 1.82) is 0 Å². The molecule has 0 amide bonds. The van der Waals surface area contributed by atoms with Gasteiger partial charge in [-0.25, -0.2) is 4.90 Å². The van der Waals surface area contributed by atoms with Gasteiger partial charge in [0.2, 0.25) is 0 Å². The fourth-order valence-corrected chi connectivity index (χ4v) is 2.86. The van der Waals surface area contributed by atoms with Crippen molar-refractivity contribution in [2.75, 3.05) is 0 Å². The molecule has 0 aromatic rings. The molecule has 3 rings (SSSR count). The summed E-state index contributed by atoms with van der Waals surface area (Å²) in [5, 5.41) is 9.31. The highest BCUT2D eigenvalue weighted by Crippen LogP contribution is 2.36. The standard InChI is InChI=1S/C10H10IN3O.ClH/c11-10-13-9(6-3-7(15)4-6)8-5-12-1-2-14(8)10;/h1-2,5-7,15H,3-4H2;1H. The smallest absolute Gasteiger partial charge is 0.272 e. The largest absolute Gasteiger partial charge is 1.00 e. The number of amidine groups is 1. The minimum absolute atomic E-state index is 0. The summed E-state index contributed by atoms with van der Waals surface area (Å²) in [6.07, 6.45) is 7.24. The van der Waals surface area contributed by atoms with Crippen molar-refractivity contribution < 1.29 is 22.4 Å². The zero-order chi connectivity index (χ0) is 10.4. The number of nitrogens with one attached hydrogen (secondary N) is 1. The van der Waals surface area contributed by atoms with E-state index in [1.54, 1.807) is 6.20 Å². The lowest BCUT2D eigenvalue weighted by molar-refractivity contribution is -0.684. The average molecular weight is 352 g/mol. The Morgan fingerprint density at radius 3 is 2.88 bits per heavy atom. The van der Waals surface area contributed by atoms with Gasteiger partial charge < -0.3 is 17.5 Å². The molecule has 3 aliphatic rings. The van der Waals surface area contributed by atoms with Crippen LogP contribution in [0.25, 0.3) is 0 Å². The van der Waals surface area contributed by atoms with Crippen LogP contribution in [-0.2, 0) is 0 Å². The molecule has 2 aliphatic heterocycles. The van der Waals surface area contributed by atoms with Gasteiger partial charge in [0.05, 0.1) is 41.1 Å². The van der Waals surface area contributed by atoms with E-state index in [1.807, 2.05) is 12.4 Å². The summed E-state index contributed by atoms with van der Waals surface area (Å²) < 4.78 is 1.04. The summed E-state index contributed by atoms with van der Waals surface area (Å²) >= 11 is 2.26. The molecule has 86 valence electrons. The lowest BCUT2D eigenvalue weighted by Crippen LogP contribution is -3.07. The number of rotatable bonds is 1. The number of hydrogen-bond donors (Lipinski definition) is 2. The fourth-order valence-electron chi connectivity index (χ4n) is 2.13. The van der Waals surface area contributed by atoms with Crippen molar-refractivity contribution in [2.24, 2.45) is 15.9 Å². The first kappa shape index (κ1) is 12.2. The molecule has 1 saturated carbocycles. The molecule has 16 heavy (non-hydrogen) atoms. The number of nitrogens with zero attached hydrogens (tertiary/aromatic N) is 2. The number of aliphatic imine (C=N–C) groups is 2. The summed E-state index contributed by atoms with van der Waals surface area (Å²) in [7, 11) is 0. The first-order valence-corrected chi connectivity index (χ1v) is 6.07. The normalized spacial score (nSPS) is 35.4. The van der Waals surface area contributed by atoms with Crippen molar-refractivity contribution in [3.8, 4) is 0 Å². The minimum atomic E-state index is -0.129.